The standard InChI is InChI=1S/C16H16F2N4O2/c1-21(2)16(24)10-22-9-11(8-19-22)20-15(23)7-6-12-13(17)4-3-5-14(12)18/h3-9H,10H2,1-2H3,(H,20,23)/b7-6-. The number of amides is 2. The average molecular weight is 334 g/mol. The van der Waals surface area contributed by atoms with Crippen LogP contribution in [0.5, 0.6) is 0 Å². The minimum Gasteiger partial charge on any atom is -0.347 e. The highest BCUT2D eigenvalue weighted by Gasteiger charge is 2.08. The van der Waals surface area contributed by atoms with Crippen molar-refractivity contribution in [3.05, 3.63) is 53.9 Å². The molecule has 0 bridgehead atoms. The maximum atomic E-state index is 13.4. The monoisotopic (exact) mass is 334 g/mol. The van der Waals surface area contributed by atoms with Crippen LogP contribution < -0.4 is 5.32 Å². The van der Waals surface area contributed by atoms with Crippen LogP contribution in [0.3, 0.4) is 0 Å². The van der Waals surface area contributed by atoms with Crippen molar-refractivity contribution in [2.45, 2.75) is 6.54 Å². The lowest BCUT2D eigenvalue weighted by Gasteiger charge is -2.09. The number of hydrogen-bond donors (Lipinski definition) is 1. The highest BCUT2D eigenvalue weighted by atomic mass is 19.1. The Bertz CT molecular complexity index is 764. The number of benzene rings is 1. The molecule has 0 spiro atoms. The van der Waals surface area contributed by atoms with Crippen molar-refractivity contribution in [1.29, 1.82) is 0 Å². The van der Waals surface area contributed by atoms with Crippen LogP contribution in [0.4, 0.5) is 14.5 Å². The van der Waals surface area contributed by atoms with Crippen molar-refractivity contribution in [2.75, 3.05) is 19.4 Å². The quantitative estimate of drug-likeness (QED) is 0.849. The molecule has 0 unspecified atom stereocenters. The van der Waals surface area contributed by atoms with Crippen LogP contribution in [0.2, 0.25) is 0 Å². The van der Waals surface area contributed by atoms with E-state index in [-0.39, 0.29) is 18.0 Å². The second kappa shape index (κ2) is 7.49. The number of aromatic nitrogens is 2. The van der Waals surface area contributed by atoms with E-state index in [9.17, 15) is 18.4 Å². The van der Waals surface area contributed by atoms with Crippen molar-refractivity contribution >= 4 is 23.6 Å². The van der Waals surface area contributed by atoms with Crippen molar-refractivity contribution < 1.29 is 18.4 Å². The van der Waals surface area contributed by atoms with E-state index in [1.165, 1.54) is 28.0 Å². The van der Waals surface area contributed by atoms with E-state index in [1.54, 1.807) is 14.1 Å². The Morgan fingerprint density at radius 2 is 1.96 bits per heavy atom. The van der Waals surface area contributed by atoms with Gasteiger partial charge in [0.25, 0.3) is 0 Å². The van der Waals surface area contributed by atoms with E-state index in [2.05, 4.69) is 10.4 Å². The Morgan fingerprint density at radius 3 is 2.58 bits per heavy atom. The molecular weight excluding hydrogens is 318 g/mol. The molecular formula is C16H16F2N4O2. The Labute approximate surface area is 137 Å². The molecule has 0 saturated heterocycles. The van der Waals surface area contributed by atoms with Gasteiger partial charge in [0.15, 0.2) is 0 Å². The molecule has 2 rings (SSSR count). The molecule has 0 aliphatic rings. The molecule has 6 nitrogen and oxygen atoms in total. The van der Waals surface area contributed by atoms with Gasteiger partial charge in [0.2, 0.25) is 11.8 Å². The van der Waals surface area contributed by atoms with Gasteiger partial charge in [-0.1, -0.05) is 6.07 Å². The lowest BCUT2D eigenvalue weighted by atomic mass is 10.2. The largest absolute Gasteiger partial charge is 0.347 e. The minimum absolute atomic E-state index is 0.0408. The van der Waals surface area contributed by atoms with Crippen molar-refractivity contribution in [1.82, 2.24) is 14.7 Å². The lowest BCUT2D eigenvalue weighted by molar-refractivity contribution is -0.129. The predicted molar refractivity (Wildman–Crippen MR) is 84.9 cm³/mol. The third-order valence-corrected chi connectivity index (χ3v) is 3.10. The normalized spacial score (nSPS) is 10.8. The zero-order valence-corrected chi connectivity index (χ0v) is 13.2. The van der Waals surface area contributed by atoms with Crippen LogP contribution in [0, 0.1) is 11.6 Å². The SMILES string of the molecule is CN(C)C(=O)Cn1cc(NC(=O)/C=C\c2c(F)cccc2F)cn1. The van der Waals surface area contributed by atoms with Crippen molar-refractivity contribution in [3.63, 3.8) is 0 Å². The molecule has 1 aromatic heterocycles. The molecule has 0 fully saturated rings. The summed E-state index contributed by atoms with van der Waals surface area (Å²) in [6.45, 7) is 0.0408. The number of carbonyl (C=O) groups is 2. The van der Waals surface area contributed by atoms with Crippen molar-refractivity contribution in [2.24, 2.45) is 0 Å². The smallest absolute Gasteiger partial charge is 0.248 e. The Morgan fingerprint density at radius 1 is 1.29 bits per heavy atom. The Kier molecular flexibility index (Phi) is 5.41. The number of likely N-dealkylation sites (N-methyl/N-ethyl adjacent to an activating group) is 1. The number of carbonyl (C=O) groups excluding carboxylic acids is 2. The average Bonchev–Trinajstić information content (AvgIpc) is 2.93. The van der Waals surface area contributed by atoms with Gasteiger partial charge in [0, 0.05) is 31.9 Å². The first-order chi connectivity index (χ1) is 11.4. The fourth-order valence-corrected chi connectivity index (χ4v) is 1.81. The van der Waals surface area contributed by atoms with Crippen LogP contribution in [-0.4, -0.2) is 40.6 Å². The topological polar surface area (TPSA) is 67.2 Å². The number of rotatable bonds is 5. The molecule has 0 aliphatic heterocycles. The van der Waals surface area contributed by atoms with Gasteiger partial charge >= 0.3 is 0 Å². The highest BCUT2D eigenvalue weighted by molar-refractivity contribution is 6.01. The zero-order chi connectivity index (χ0) is 17.7. The van der Waals surface area contributed by atoms with Crippen LogP contribution in [0.25, 0.3) is 6.08 Å². The molecule has 0 radical (unpaired) electrons. The van der Waals surface area contributed by atoms with E-state index in [4.69, 9.17) is 0 Å². The van der Waals surface area contributed by atoms with Gasteiger partial charge in [-0.2, -0.15) is 5.10 Å². The summed E-state index contributed by atoms with van der Waals surface area (Å²) in [5.41, 5.74) is 0.0742. The van der Waals surface area contributed by atoms with Crippen LogP contribution in [0.15, 0.2) is 36.7 Å². The number of halogens is 2. The molecule has 2 aromatic rings. The second-order valence-corrected chi connectivity index (χ2v) is 5.17. The Hall–Kier alpha value is -3.03. The fourth-order valence-electron chi connectivity index (χ4n) is 1.81. The third kappa shape index (κ3) is 4.48. The maximum absolute atomic E-state index is 13.4. The first-order valence-corrected chi connectivity index (χ1v) is 7.02. The minimum atomic E-state index is -0.755. The Balaban J connectivity index is 1.99. The summed E-state index contributed by atoms with van der Waals surface area (Å²) in [5, 5.41) is 6.44. The van der Waals surface area contributed by atoms with Crippen molar-refractivity contribution in [3.8, 4) is 0 Å². The molecule has 1 aromatic carbocycles. The molecule has 1 N–H and O–H groups in total. The molecule has 8 heteroatoms. The first-order valence-electron chi connectivity index (χ1n) is 7.02. The van der Waals surface area contributed by atoms with Crippen LogP contribution in [-0.2, 0) is 16.1 Å². The number of nitrogens with one attached hydrogen (secondary N) is 1. The predicted octanol–water partition coefficient (Wildman–Crippen LogP) is 1.90. The number of anilines is 1. The zero-order valence-electron chi connectivity index (χ0n) is 13.2. The fraction of sp³-hybridized carbons (Fsp3) is 0.188. The molecule has 126 valence electrons. The van der Waals surface area contributed by atoms with E-state index in [1.807, 2.05) is 0 Å². The summed E-state index contributed by atoms with van der Waals surface area (Å²) in [7, 11) is 3.25. The number of hydrogen-bond acceptors (Lipinski definition) is 3. The summed E-state index contributed by atoms with van der Waals surface area (Å²) in [6.07, 6.45) is 4.93. The van der Waals surface area contributed by atoms with Crippen LogP contribution >= 0.6 is 0 Å². The molecule has 1 heterocycles. The van der Waals surface area contributed by atoms with E-state index in [0.717, 1.165) is 24.3 Å². The molecule has 2 amide bonds. The van der Waals surface area contributed by atoms with Gasteiger partial charge in [-0.25, -0.2) is 8.78 Å². The number of nitrogens with zero attached hydrogens (tertiary/aromatic N) is 3. The van der Waals surface area contributed by atoms with Crippen LogP contribution in [0.1, 0.15) is 5.56 Å². The summed E-state index contributed by atoms with van der Waals surface area (Å²) in [4.78, 5) is 24.8. The summed E-state index contributed by atoms with van der Waals surface area (Å²) < 4.78 is 28.3. The summed E-state index contributed by atoms with van der Waals surface area (Å²) in [5.74, 6) is -2.23. The van der Waals surface area contributed by atoms with Gasteiger partial charge in [0.1, 0.15) is 18.2 Å². The lowest BCUT2D eigenvalue weighted by Crippen LogP contribution is -2.26. The van der Waals surface area contributed by atoms with E-state index in [0.29, 0.717) is 5.69 Å². The second-order valence-electron chi connectivity index (χ2n) is 5.17. The summed E-state index contributed by atoms with van der Waals surface area (Å²) in [6, 6.07) is 3.45. The van der Waals surface area contributed by atoms with E-state index >= 15 is 0 Å². The molecule has 0 saturated carbocycles. The third-order valence-electron chi connectivity index (χ3n) is 3.10. The molecule has 0 atom stereocenters. The molecule has 24 heavy (non-hydrogen) atoms. The van der Waals surface area contributed by atoms with Gasteiger partial charge in [-0.05, 0) is 18.2 Å². The van der Waals surface area contributed by atoms with Gasteiger partial charge in [-0.15, -0.1) is 0 Å². The first kappa shape index (κ1) is 17.3. The summed E-state index contributed by atoms with van der Waals surface area (Å²) >= 11 is 0. The van der Waals surface area contributed by atoms with Gasteiger partial charge < -0.3 is 10.2 Å². The van der Waals surface area contributed by atoms with E-state index < -0.39 is 17.5 Å². The molecule has 0 aliphatic carbocycles. The van der Waals surface area contributed by atoms with Gasteiger partial charge in [0.05, 0.1) is 11.9 Å². The maximum Gasteiger partial charge on any atom is 0.248 e. The highest BCUT2D eigenvalue weighted by Crippen LogP contribution is 2.14. The van der Waals surface area contributed by atoms with Gasteiger partial charge in [-0.3, -0.25) is 14.3 Å².